The van der Waals surface area contributed by atoms with Gasteiger partial charge in [-0.3, -0.25) is 5.43 Å². The van der Waals surface area contributed by atoms with Crippen LogP contribution in [0.2, 0.25) is 0 Å². The lowest BCUT2D eigenvalue weighted by Gasteiger charge is -2.21. The fourth-order valence-corrected chi connectivity index (χ4v) is 2.52. The van der Waals surface area contributed by atoms with Gasteiger partial charge in [0, 0.05) is 5.56 Å². The third kappa shape index (κ3) is 4.27. The lowest BCUT2D eigenvalue weighted by molar-refractivity contribution is 0.199. The van der Waals surface area contributed by atoms with E-state index < -0.39 is 12.1 Å². The van der Waals surface area contributed by atoms with Crippen LogP contribution in [0.5, 0.6) is 5.75 Å². The number of rotatable bonds is 5. The molecule has 0 radical (unpaired) electrons. The molecule has 0 bridgehead atoms. The van der Waals surface area contributed by atoms with Gasteiger partial charge in [-0.25, -0.2) is 21.5 Å². The first-order valence-corrected chi connectivity index (χ1v) is 7.90. The van der Waals surface area contributed by atoms with Gasteiger partial charge in [-0.15, -0.1) is 0 Å². The number of anilines is 1. The Kier molecular flexibility index (Phi) is 5.97. The maximum absolute atomic E-state index is 11.7. The number of urea groups is 1. The van der Waals surface area contributed by atoms with Crippen molar-refractivity contribution < 1.29 is 14.6 Å². The largest absolute Gasteiger partial charge is 0.489 e. The number of hydrogen-bond acceptors (Lipinski definition) is 5. The van der Waals surface area contributed by atoms with Crippen LogP contribution in [0.4, 0.5) is 10.5 Å². The topological polar surface area (TPSA) is 114 Å². The number of nitrogens with one attached hydrogen (secondary N) is 1. The number of ether oxygens (including phenoxy) is 1. The standard InChI is InChI=1S/C18H24N4O3/c1-11-5-4-6-16(22(20)18(24)21-19)15(11)10-25-17-8-7-14(13(3)23)9-12(17)2/h4-9,13,23H,10,19-20H2,1-3H3,(H,21,24). The van der Waals surface area contributed by atoms with Crippen LogP contribution in [-0.4, -0.2) is 11.1 Å². The normalized spacial score (nSPS) is 11.8. The van der Waals surface area contributed by atoms with Gasteiger partial charge in [0.15, 0.2) is 0 Å². The zero-order chi connectivity index (χ0) is 18.6. The van der Waals surface area contributed by atoms with Crippen molar-refractivity contribution in [1.29, 1.82) is 0 Å². The minimum Gasteiger partial charge on any atom is -0.489 e. The number of benzene rings is 2. The molecule has 134 valence electrons. The molecular weight excluding hydrogens is 320 g/mol. The van der Waals surface area contributed by atoms with E-state index in [2.05, 4.69) is 0 Å². The van der Waals surface area contributed by atoms with Crippen LogP contribution < -0.4 is 26.9 Å². The Balaban J connectivity index is 2.25. The second-order valence-electron chi connectivity index (χ2n) is 5.88. The van der Waals surface area contributed by atoms with E-state index in [1.807, 2.05) is 43.5 Å². The zero-order valence-corrected chi connectivity index (χ0v) is 14.6. The molecule has 1 atom stereocenters. The highest BCUT2D eigenvalue weighted by atomic mass is 16.5. The third-order valence-electron chi connectivity index (χ3n) is 4.04. The minimum atomic E-state index is -0.621. The number of carbonyl (C=O) groups excluding carboxylic acids is 1. The Morgan fingerprint density at radius 1 is 1.28 bits per heavy atom. The van der Waals surface area contributed by atoms with E-state index in [9.17, 15) is 9.90 Å². The molecule has 7 heteroatoms. The summed E-state index contributed by atoms with van der Waals surface area (Å²) in [6, 6.07) is 10.4. The Bertz CT molecular complexity index is 762. The summed E-state index contributed by atoms with van der Waals surface area (Å²) < 4.78 is 5.92. The van der Waals surface area contributed by atoms with Crippen LogP contribution in [0.3, 0.4) is 0 Å². The Hall–Kier alpha value is -2.61. The number of carbonyl (C=O) groups is 1. The maximum atomic E-state index is 11.7. The fraction of sp³-hybridized carbons (Fsp3) is 0.278. The fourth-order valence-electron chi connectivity index (χ4n) is 2.52. The summed E-state index contributed by atoms with van der Waals surface area (Å²) in [5, 5.41) is 10.6. The quantitative estimate of drug-likeness (QED) is 0.377. The van der Waals surface area contributed by atoms with Crippen LogP contribution in [0.25, 0.3) is 0 Å². The van der Waals surface area contributed by atoms with Crippen LogP contribution in [0.15, 0.2) is 36.4 Å². The molecule has 25 heavy (non-hydrogen) atoms. The highest BCUT2D eigenvalue weighted by molar-refractivity contribution is 5.91. The van der Waals surface area contributed by atoms with E-state index in [-0.39, 0.29) is 6.61 Å². The van der Waals surface area contributed by atoms with Gasteiger partial charge in [0.2, 0.25) is 0 Å². The van der Waals surface area contributed by atoms with Gasteiger partial charge in [-0.1, -0.05) is 18.2 Å². The molecule has 1 unspecified atom stereocenters. The van der Waals surface area contributed by atoms with Crippen molar-refractivity contribution in [2.75, 3.05) is 5.01 Å². The summed E-state index contributed by atoms with van der Waals surface area (Å²) in [6.07, 6.45) is -0.531. The molecule has 0 aliphatic heterocycles. The minimum absolute atomic E-state index is 0.239. The van der Waals surface area contributed by atoms with Gasteiger partial charge < -0.3 is 9.84 Å². The summed E-state index contributed by atoms with van der Waals surface area (Å²) in [7, 11) is 0. The predicted octanol–water partition coefficient (Wildman–Crippen LogP) is 2.20. The number of amides is 2. The van der Waals surface area contributed by atoms with E-state index in [4.69, 9.17) is 16.4 Å². The smallest absolute Gasteiger partial charge is 0.350 e. The first kappa shape index (κ1) is 18.7. The van der Waals surface area contributed by atoms with Crippen molar-refractivity contribution in [3.05, 3.63) is 58.7 Å². The molecule has 0 aliphatic carbocycles. The molecule has 2 aromatic rings. The number of hydrogen-bond donors (Lipinski definition) is 4. The van der Waals surface area contributed by atoms with Gasteiger partial charge in [0.25, 0.3) is 0 Å². The predicted molar refractivity (Wildman–Crippen MR) is 96.7 cm³/mol. The molecule has 0 heterocycles. The average molecular weight is 344 g/mol. The Morgan fingerprint density at radius 3 is 2.60 bits per heavy atom. The molecule has 0 spiro atoms. The van der Waals surface area contributed by atoms with E-state index in [1.54, 1.807) is 19.1 Å². The maximum Gasteiger partial charge on any atom is 0.350 e. The molecule has 0 saturated carbocycles. The number of aryl methyl sites for hydroxylation is 2. The van der Waals surface area contributed by atoms with E-state index in [1.165, 1.54) is 0 Å². The Morgan fingerprint density at radius 2 is 2.00 bits per heavy atom. The zero-order valence-electron chi connectivity index (χ0n) is 14.6. The van der Waals surface area contributed by atoms with Gasteiger partial charge in [0.1, 0.15) is 12.4 Å². The molecule has 6 N–H and O–H groups in total. The third-order valence-corrected chi connectivity index (χ3v) is 4.04. The number of aliphatic hydroxyl groups excluding tert-OH is 1. The van der Waals surface area contributed by atoms with Crippen molar-refractivity contribution in [1.82, 2.24) is 5.43 Å². The van der Waals surface area contributed by atoms with E-state index >= 15 is 0 Å². The molecule has 2 aromatic carbocycles. The molecule has 0 aliphatic rings. The number of nitrogens with zero attached hydrogens (tertiary/aromatic N) is 1. The first-order chi connectivity index (χ1) is 11.8. The SMILES string of the molecule is Cc1cc(C(C)O)ccc1OCc1c(C)cccc1N(N)C(=O)NN. The van der Waals surface area contributed by atoms with E-state index in [0.29, 0.717) is 11.4 Å². The van der Waals surface area contributed by atoms with Crippen molar-refractivity contribution in [3.8, 4) is 5.75 Å². The average Bonchev–Trinajstić information content (AvgIpc) is 2.59. The van der Waals surface area contributed by atoms with Crippen LogP contribution in [0.1, 0.15) is 35.3 Å². The number of nitrogens with two attached hydrogens (primary N) is 2. The summed E-state index contributed by atoms with van der Waals surface area (Å²) in [6.45, 7) is 5.78. The van der Waals surface area contributed by atoms with Gasteiger partial charge in [-0.2, -0.15) is 0 Å². The molecule has 0 aromatic heterocycles. The van der Waals surface area contributed by atoms with Crippen molar-refractivity contribution in [3.63, 3.8) is 0 Å². The highest BCUT2D eigenvalue weighted by Gasteiger charge is 2.16. The molecule has 7 nitrogen and oxygen atoms in total. The molecule has 0 fully saturated rings. The molecule has 2 rings (SSSR count). The summed E-state index contributed by atoms with van der Waals surface area (Å²) in [5.74, 6) is 11.7. The Labute approximate surface area is 147 Å². The second-order valence-corrected chi connectivity index (χ2v) is 5.88. The lowest BCUT2D eigenvalue weighted by atomic mass is 10.1. The summed E-state index contributed by atoms with van der Waals surface area (Å²) in [4.78, 5) is 11.7. The van der Waals surface area contributed by atoms with Crippen molar-refractivity contribution >= 4 is 11.7 Å². The molecular formula is C18H24N4O3. The first-order valence-electron chi connectivity index (χ1n) is 7.90. The van der Waals surface area contributed by atoms with Crippen LogP contribution >= 0.6 is 0 Å². The number of aliphatic hydroxyl groups is 1. The van der Waals surface area contributed by atoms with Crippen molar-refractivity contribution in [2.24, 2.45) is 11.7 Å². The molecule has 2 amide bonds. The lowest BCUT2D eigenvalue weighted by Crippen LogP contribution is -2.48. The highest BCUT2D eigenvalue weighted by Crippen LogP contribution is 2.27. The van der Waals surface area contributed by atoms with E-state index in [0.717, 1.165) is 27.3 Å². The van der Waals surface area contributed by atoms with Crippen LogP contribution in [0, 0.1) is 13.8 Å². The molecule has 0 saturated heterocycles. The summed E-state index contributed by atoms with van der Waals surface area (Å²) in [5.41, 5.74) is 5.99. The van der Waals surface area contributed by atoms with Gasteiger partial charge in [0.05, 0.1) is 11.8 Å². The van der Waals surface area contributed by atoms with Gasteiger partial charge >= 0.3 is 6.03 Å². The summed E-state index contributed by atoms with van der Waals surface area (Å²) >= 11 is 0. The second kappa shape index (κ2) is 7.98. The van der Waals surface area contributed by atoms with Crippen LogP contribution in [-0.2, 0) is 6.61 Å². The van der Waals surface area contributed by atoms with Crippen molar-refractivity contribution in [2.45, 2.75) is 33.5 Å². The monoisotopic (exact) mass is 344 g/mol. The number of hydrazine groups is 2. The van der Waals surface area contributed by atoms with Gasteiger partial charge in [-0.05, 0) is 55.7 Å².